The van der Waals surface area contributed by atoms with Crippen molar-refractivity contribution >= 4 is 5.91 Å². The molecule has 2 aliphatic rings. The fourth-order valence-corrected chi connectivity index (χ4v) is 2.89. The monoisotopic (exact) mass is 226 g/mol. The van der Waals surface area contributed by atoms with E-state index in [9.17, 15) is 9.90 Å². The van der Waals surface area contributed by atoms with Crippen LogP contribution in [0.1, 0.15) is 32.6 Å². The smallest absolute Gasteiger partial charge is 0.228 e. The van der Waals surface area contributed by atoms with Crippen molar-refractivity contribution in [2.24, 2.45) is 5.41 Å². The normalized spacial score (nSPS) is 29.4. The van der Waals surface area contributed by atoms with Crippen LogP contribution in [0.5, 0.6) is 0 Å². The lowest BCUT2D eigenvalue weighted by molar-refractivity contribution is -0.143. The maximum absolute atomic E-state index is 12.5. The summed E-state index contributed by atoms with van der Waals surface area (Å²) in [6.45, 7) is 5.25. The number of hydrogen-bond acceptors (Lipinski definition) is 3. The van der Waals surface area contributed by atoms with Crippen LogP contribution >= 0.6 is 0 Å². The van der Waals surface area contributed by atoms with E-state index in [1.54, 1.807) is 0 Å². The van der Waals surface area contributed by atoms with Crippen LogP contribution in [-0.2, 0) is 4.79 Å². The van der Waals surface area contributed by atoms with Crippen LogP contribution in [0.4, 0.5) is 0 Å². The largest absolute Gasteiger partial charge is 0.391 e. The predicted molar refractivity (Wildman–Crippen MR) is 62.0 cm³/mol. The number of hydrogen-bond donors (Lipinski definition) is 2. The molecule has 0 aliphatic carbocycles. The van der Waals surface area contributed by atoms with Gasteiger partial charge in [0.05, 0.1) is 11.5 Å². The molecule has 0 aromatic carbocycles. The summed E-state index contributed by atoms with van der Waals surface area (Å²) in [5.41, 5.74) is -0.157. The number of likely N-dealkylation sites (tertiary alicyclic amines) is 1. The minimum atomic E-state index is -0.306. The number of piperidine rings is 1. The molecule has 4 heteroatoms. The average Bonchev–Trinajstić information content (AvgIpc) is 2.76. The second kappa shape index (κ2) is 4.72. The molecule has 1 atom stereocenters. The van der Waals surface area contributed by atoms with E-state index in [-0.39, 0.29) is 17.4 Å². The van der Waals surface area contributed by atoms with Gasteiger partial charge in [-0.1, -0.05) is 6.92 Å². The topological polar surface area (TPSA) is 52.6 Å². The molecule has 0 spiro atoms. The first-order chi connectivity index (χ1) is 7.68. The SMILES string of the molecule is CCC1(C(=O)N2CC[C@H](O)C2)CCNCC1. The highest BCUT2D eigenvalue weighted by Gasteiger charge is 2.41. The van der Waals surface area contributed by atoms with Gasteiger partial charge in [0.1, 0.15) is 0 Å². The van der Waals surface area contributed by atoms with Gasteiger partial charge in [0.15, 0.2) is 0 Å². The molecule has 2 saturated heterocycles. The van der Waals surface area contributed by atoms with E-state index in [4.69, 9.17) is 0 Å². The quantitative estimate of drug-likeness (QED) is 0.715. The van der Waals surface area contributed by atoms with Crippen LogP contribution in [0, 0.1) is 5.41 Å². The number of aliphatic hydroxyl groups excluding tert-OH is 1. The molecule has 0 saturated carbocycles. The van der Waals surface area contributed by atoms with Crippen LogP contribution in [-0.4, -0.2) is 48.2 Å². The van der Waals surface area contributed by atoms with Crippen molar-refractivity contribution < 1.29 is 9.90 Å². The molecule has 0 aromatic rings. The molecule has 0 radical (unpaired) electrons. The summed E-state index contributed by atoms with van der Waals surface area (Å²) in [5, 5.41) is 12.8. The standard InChI is InChI=1S/C12H22N2O2/c1-2-12(4-6-13-7-5-12)11(16)14-8-3-10(15)9-14/h10,13,15H,2-9H2,1H3/t10-/m0/s1. The Hall–Kier alpha value is -0.610. The molecule has 16 heavy (non-hydrogen) atoms. The van der Waals surface area contributed by atoms with E-state index in [0.717, 1.165) is 45.3 Å². The molecule has 0 unspecified atom stereocenters. The number of rotatable bonds is 2. The van der Waals surface area contributed by atoms with E-state index in [2.05, 4.69) is 12.2 Å². The number of nitrogens with one attached hydrogen (secondary N) is 1. The van der Waals surface area contributed by atoms with Crippen molar-refractivity contribution in [3.63, 3.8) is 0 Å². The van der Waals surface area contributed by atoms with Crippen molar-refractivity contribution in [2.45, 2.75) is 38.7 Å². The summed E-state index contributed by atoms with van der Waals surface area (Å²) in [7, 11) is 0. The summed E-state index contributed by atoms with van der Waals surface area (Å²) in [6, 6.07) is 0. The fraction of sp³-hybridized carbons (Fsp3) is 0.917. The van der Waals surface area contributed by atoms with Crippen LogP contribution in [0.2, 0.25) is 0 Å². The Balaban J connectivity index is 2.05. The summed E-state index contributed by atoms with van der Waals surface area (Å²) >= 11 is 0. The average molecular weight is 226 g/mol. The third-order valence-corrected chi connectivity index (χ3v) is 4.14. The summed E-state index contributed by atoms with van der Waals surface area (Å²) in [4.78, 5) is 14.3. The number of amides is 1. The Kier molecular flexibility index (Phi) is 3.50. The summed E-state index contributed by atoms with van der Waals surface area (Å²) in [5.74, 6) is 0.271. The maximum atomic E-state index is 12.5. The van der Waals surface area contributed by atoms with Crippen molar-refractivity contribution in [2.75, 3.05) is 26.2 Å². The molecule has 2 heterocycles. The van der Waals surface area contributed by atoms with Gasteiger partial charge in [-0.25, -0.2) is 0 Å². The highest BCUT2D eigenvalue weighted by atomic mass is 16.3. The van der Waals surface area contributed by atoms with Crippen molar-refractivity contribution in [3.05, 3.63) is 0 Å². The van der Waals surface area contributed by atoms with Crippen LogP contribution in [0.25, 0.3) is 0 Å². The van der Waals surface area contributed by atoms with Gasteiger partial charge < -0.3 is 15.3 Å². The maximum Gasteiger partial charge on any atom is 0.228 e. The first-order valence-electron chi connectivity index (χ1n) is 6.36. The Morgan fingerprint density at radius 2 is 2.19 bits per heavy atom. The van der Waals surface area contributed by atoms with E-state index < -0.39 is 0 Å². The van der Waals surface area contributed by atoms with Gasteiger partial charge in [0, 0.05) is 13.1 Å². The van der Waals surface area contributed by atoms with Gasteiger partial charge in [-0.05, 0) is 38.8 Å². The van der Waals surface area contributed by atoms with E-state index >= 15 is 0 Å². The zero-order valence-corrected chi connectivity index (χ0v) is 10.0. The van der Waals surface area contributed by atoms with Gasteiger partial charge in [0.2, 0.25) is 5.91 Å². The minimum Gasteiger partial charge on any atom is -0.391 e. The molecule has 2 N–H and O–H groups in total. The van der Waals surface area contributed by atoms with Crippen LogP contribution < -0.4 is 5.32 Å². The lowest BCUT2D eigenvalue weighted by Crippen LogP contribution is -2.48. The second-order valence-electron chi connectivity index (χ2n) is 5.08. The van der Waals surface area contributed by atoms with Gasteiger partial charge in [-0.2, -0.15) is 0 Å². The predicted octanol–water partition coefficient (Wildman–Crippen LogP) is 0.359. The third kappa shape index (κ3) is 2.09. The van der Waals surface area contributed by atoms with Gasteiger partial charge in [0.25, 0.3) is 0 Å². The number of β-amino-alcohol motifs (C(OH)–C–C–N with tert-alkyl or cyclic N) is 1. The van der Waals surface area contributed by atoms with Crippen molar-refractivity contribution in [1.29, 1.82) is 0 Å². The molecule has 2 rings (SSSR count). The molecule has 2 aliphatic heterocycles. The van der Waals surface area contributed by atoms with Crippen LogP contribution in [0.15, 0.2) is 0 Å². The van der Waals surface area contributed by atoms with E-state index in [0.29, 0.717) is 6.54 Å². The summed E-state index contributed by atoms with van der Waals surface area (Å²) < 4.78 is 0. The van der Waals surface area contributed by atoms with Gasteiger partial charge in [-0.3, -0.25) is 4.79 Å². The number of nitrogens with zero attached hydrogens (tertiary/aromatic N) is 1. The second-order valence-corrected chi connectivity index (χ2v) is 5.08. The molecule has 2 fully saturated rings. The fourth-order valence-electron chi connectivity index (χ4n) is 2.89. The lowest BCUT2D eigenvalue weighted by atomic mass is 9.75. The highest BCUT2D eigenvalue weighted by molar-refractivity contribution is 5.83. The zero-order valence-electron chi connectivity index (χ0n) is 10.0. The van der Waals surface area contributed by atoms with Gasteiger partial charge in [-0.15, -0.1) is 0 Å². The minimum absolute atomic E-state index is 0.157. The molecular formula is C12H22N2O2. The Morgan fingerprint density at radius 1 is 1.50 bits per heavy atom. The highest BCUT2D eigenvalue weighted by Crippen LogP contribution is 2.35. The van der Waals surface area contributed by atoms with Crippen molar-refractivity contribution in [3.8, 4) is 0 Å². The molecule has 1 amide bonds. The van der Waals surface area contributed by atoms with E-state index in [1.807, 2.05) is 4.90 Å². The zero-order chi connectivity index (χ0) is 11.6. The third-order valence-electron chi connectivity index (χ3n) is 4.14. The van der Waals surface area contributed by atoms with Crippen molar-refractivity contribution in [1.82, 2.24) is 10.2 Å². The molecular weight excluding hydrogens is 204 g/mol. The van der Waals surface area contributed by atoms with E-state index in [1.165, 1.54) is 0 Å². The van der Waals surface area contributed by atoms with Crippen LogP contribution in [0.3, 0.4) is 0 Å². The molecule has 92 valence electrons. The number of carbonyl (C=O) groups is 1. The number of carbonyl (C=O) groups excluding carboxylic acids is 1. The Labute approximate surface area is 97.0 Å². The molecule has 0 aromatic heterocycles. The number of aliphatic hydroxyl groups is 1. The van der Waals surface area contributed by atoms with Gasteiger partial charge >= 0.3 is 0 Å². The summed E-state index contributed by atoms with van der Waals surface area (Å²) in [6.07, 6.45) is 3.23. The first kappa shape index (κ1) is 11.9. The molecule has 0 bridgehead atoms. The Bertz CT molecular complexity index is 262. The molecule has 4 nitrogen and oxygen atoms in total. The Morgan fingerprint density at radius 3 is 2.69 bits per heavy atom. The lowest BCUT2D eigenvalue weighted by Gasteiger charge is -2.38. The first-order valence-corrected chi connectivity index (χ1v) is 6.36.